The summed E-state index contributed by atoms with van der Waals surface area (Å²) < 4.78 is 11.0. The molecule has 0 saturated heterocycles. The molecule has 0 fully saturated rings. The highest BCUT2D eigenvalue weighted by Gasteiger charge is 2.27. The fraction of sp³-hybridized carbons (Fsp3) is 0.966. The van der Waals surface area contributed by atoms with Crippen LogP contribution in [-0.4, -0.2) is 42.8 Å². The molecular weight excluding hydrogens is 460 g/mol. The van der Waals surface area contributed by atoms with Crippen LogP contribution in [0.25, 0.3) is 0 Å². The quantitative estimate of drug-likeness (QED) is 0.0807. The van der Waals surface area contributed by atoms with E-state index in [-0.39, 0.29) is 48.5 Å². The molecule has 36 heavy (non-hydrogen) atoms. The van der Waals surface area contributed by atoms with Gasteiger partial charge in [-0.1, -0.05) is 66.2 Å². The first-order valence-electron chi connectivity index (χ1n) is 14.4. The lowest BCUT2D eigenvalue weighted by molar-refractivity contribution is -0.383. The van der Waals surface area contributed by atoms with Crippen LogP contribution < -0.4 is 0 Å². The second kappa shape index (κ2) is 19.2. The van der Waals surface area contributed by atoms with Gasteiger partial charge in [0.25, 0.3) is 0 Å². The molecule has 0 heterocycles. The molecule has 0 aromatic rings. The van der Waals surface area contributed by atoms with Gasteiger partial charge in [0, 0.05) is 11.8 Å². The third-order valence-electron chi connectivity index (χ3n) is 6.57. The van der Waals surface area contributed by atoms with E-state index in [0.717, 1.165) is 64.2 Å². The first-order valence-corrected chi connectivity index (χ1v) is 14.4. The standard InChI is InChI=1S/C29H58O7/c1-11-15-17-25(23(5)33-35-28(7,8)19-13-3)21-31-27(30)32-22-26(18-16-12-2)24(6)34-36-29(9,10)20-14-4/h23-26H,11-22H2,1-10H3. The number of carbonyl (C=O) groups is 1. The zero-order chi connectivity index (χ0) is 27.6. The molecule has 0 aliphatic carbocycles. The van der Waals surface area contributed by atoms with Gasteiger partial charge < -0.3 is 9.47 Å². The van der Waals surface area contributed by atoms with Crippen LogP contribution in [0.15, 0.2) is 0 Å². The zero-order valence-corrected chi connectivity index (χ0v) is 25.2. The molecule has 216 valence electrons. The van der Waals surface area contributed by atoms with E-state index in [4.69, 9.17) is 29.0 Å². The lowest BCUT2D eigenvalue weighted by Crippen LogP contribution is -2.33. The molecule has 0 aromatic heterocycles. The maximum absolute atomic E-state index is 12.5. The van der Waals surface area contributed by atoms with Gasteiger partial charge in [-0.05, 0) is 67.2 Å². The molecule has 0 aliphatic rings. The summed E-state index contributed by atoms with van der Waals surface area (Å²) in [6, 6.07) is 0. The number of ether oxygens (including phenoxy) is 2. The topological polar surface area (TPSA) is 72.5 Å². The summed E-state index contributed by atoms with van der Waals surface area (Å²) in [5.74, 6) is 0.0598. The molecule has 7 nitrogen and oxygen atoms in total. The second-order valence-corrected chi connectivity index (χ2v) is 11.5. The smallest absolute Gasteiger partial charge is 0.434 e. The van der Waals surface area contributed by atoms with Gasteiger partial charge in [0.15, 0.2) is 0 Å². The largest absolute Gasteiger partial charge is 0.508 e. The Labute approximate surface area is 222 Å². The predicted octanol–water partition coefficient (Wildman–Crippen LogP) is 8.58. The van der Waals surface area contributed by atoms with Crippen LogP contribution in [-0.2, 0) is 29.0 Å². The number of hydrogen-bond acceptors (Lipinski definition) is 7. The highest BCUT2D eigenvalue weighted by Crippen LogP contribution is 2.24. The van der Waals surface area contributed by atoms with Crippen molar-refractivity contribution >= 4 is 6.16 Å². The van der Waals surface area contributed by atoms with Crippen LogP contribution in [0.5, 0.6) is 0 Å². The minimum Gasteiger partial charge on any atom is -0.434 e. The Balaban J connectivity index is 4.80. The fourth-order valence-corrected chi connectivity index (χ4v) is 4.09. The summed E-state index contributed by atoms with van der Waals surface area (Å²) in [4.78, 5) is 35.3. The lowest BCUT2D eigenvalue weighted by atomic mass is 9.98. The molecule has 0 aliphatic heterocycles. The van der Waals surface area contributed by atoms with Gasteiger partial charge in [-0.25, -0.2) is 24.3 Å². The van der Waals surface area contributed by atoms with E-state index in [9.17, 15) is 4.79 Å². The van der Waals surface area contributed by atoms with Crippen molar-refractivity contribution in [2.24, 2.45) is 11.8 Å². The zero-order valence-electron chi connectivity index (χ0n) is 25.2. The molecule has 0 spiro atoms. The molecule has 0 rings (SSSR count). The third-order valence-corrected chi connectivity index (χ3v) is 6.57. The predicted molar refractivity (Wildman–Crippen MR) is 145 cm³/mol. The van der Waals surface area contributed by atoms with Crippen molar-refractivity contribution in [1.29, 1.82) is 0 Å². The van der Waals surface area contributed by atoms with Gasteiger partial charge in [-0.2, -0.15) is 0 Å². The average Bonchev–Trinajstić information content (AvgIpc) is 2.81. The van der Waals surface area contributed by atoms with Crippen LogP contribution in [0.4, 0.5) is 4.79 Å². The lowest BCUT2D eigenvalue weighted by Gasteiger charge is -2.29. The summed E-state index contributed by atoms with van der Waals surface area (Å²) in [6.45, 7) is 21.0. The van der Waals surface area contributed by atoms with Crippen molar-refractivity contribution in [3.05, 3.63) is 0 Å². The monoisotopic (exact) mass is 518 g/mol. The van der Waals surface area contributed by atoms with Crippen LogP contribution in [0.1, 0.15) is 133 Å². The molecule has 0 amide bonds. The fourth-order valence-electron chi connectivity index (χ4n) is 4.09. The second-order valence-electron chi connectivity index (χ2n) is 11.5. The van der Waals surface area contributed by atoms with Crippen molar-refractivity contribution in [2.75, 3.05) is 13.2 Å². The van der Waals surface area contributed by atoms with E-state index in [0.29, 0.717) is 0 Å². The summed E-state index contributed by atoms with van der Waals surface area (Å²) in [7, 11) is 0. The SMILES string of the molecule is CCCCC(COC(=O)OCC(CCCC)C(C)OOC(C)(C)CCC)C(C)OOC(C)(C)CCC. The Bertz CT molecular complexity index is 504. The summed E-state index contributed by atoms with van der Waals surface area (Å²) in [5, 5.41) is 0. The van der Waals surface area contributed by atoms with Gasteiger partial charge >= 0.3 is 6.16 Å². The summed E-state index contributed by atoms with van der Waals surface area (Å²) >= 11 is 0. The van der Waals surface area contributed by atoms with E-state index >= 15 is 0 Å². The maximum Gasteiger partial charge on any atom is 0.508 e. The highest BCUT2D eigenvalue weighted by molar-refractivity contribution is 5.59. The van der Waals surface area contributed by atoms with Crippen LogP contribution in [0.3, 0.4) is 0 Å². The summed E-state index contributed by atoms with van der Waals surface area (Å²) in [5.41, 5.74) is -0.695. The van der Waals surface area contributed by atoms with Crippen LogP contribution in [0, 0.1) is 11.8 Å². The van der Waals surface area contributed by atoms with Crippen molar-refractivity contribution in [3.8, 4) is 0 Å². The highest BCUT2D eigenvalue weighted by atomic mass is 17.2. The first-order chi connectivity index (χ1) is 16.9. The molecule has 4 unspecified atom stereocenters. The Morgan fingerprint density at radius 3 is 1.31 bits per heavy atom. The van der Waals surface area contributed by atoms with Crippen molar-refractivity contribution in [1.82, 2.24) is 0 Å². The molecule has 0 bridgehead atoms. The molecule has 7 heteroatoms. The van der Waals surface area contributed by atoms with Gasteiger partial charge in [-0.3, -0.25) is 0 Å². The number of rotatable bonds is 22. The van der Waals surface area contributed by atoms with E-state index in [1.807, 2.05) is 41.5 Å². The van der Waals surface area contributed by atoms with Crippen molar-refractivity contribution < 1.29 is 33.8 Å². The van der Waals surface area contributed by atoms with E-state index < -0.39 is 6.16 Å². The van der Waals surface area contributed by atoms with Gasteiger partial charge in [-0.15, -0.1) is 0 Å². The maximum atomic E-state index is 12.5. The van der Waals surface area contributed by atoms with Crippen molar-refractivity contribution in [2.45, 2.75) is 157 Å². The summed E-state index contributed by atoms with van der Waals surface area (Å²) in [6.07, 6.45) is 8.74. The first kappa shape index (κ1) is 35.1. The normalized spacial score (nSPS) is 15.8. The van der Waals surface area contributed by atoms with Gasteiger partial charge in [0.05, 0.1) is 23.4 Å². The average molecular weight is 519 g/mol. The van der Waals surface area contributed by atoms with Gasteiger partial charge in [0.1, 0.15) is 13.2 Å². The van der Waals surface area contributed by atoms with Crippen molar-refractivity contribution in [3.63, 3.8) is 0 Å². The number of hydrogen-bond donors (Lipinski definition) is 0. The minimum absolute atomic E-state index is 0.0299. The molecule has 0 radical (unpaired) electrons. The molecule has 0 saturated carbocycles. The van der Waals surface area contributed by atoms with E-state index in [1.54, 1.807) is 0 Å². The Hall–Kier alpha value is -0.890. The third kappa shape index (κ3) is 16.8. The number of unbranched alkanes of at least 4 members (excludes halogenated alkanes) is 2. The molecular formula is C29H58O7. The van der Waals surface area contributed by atoms with E-state index in [2.05, 4.69) is 27.7 Å². The van der Waals surface area contributed by atoms with Crippen LogP contribution in [0.2, 0.25) is 0 Å². The van der Waals surface area contributed by atoms with Crippen LogP contribution >= 0.6 is 0 Å². The molecule has 0 aromatic carbocycles. The Morgan fingerprint density at radius 2 is 1.00 bits per heavy atom. The van der Waals surface area contributed by atoms with E-state index in [1.165, 1.54) is 0 Å². The van der Waals surface area contributed by atoms with Gasteiger partial charge in [0.2, 0.25) is 0 Å². The molecule has 4 atom stereocenters. The Morgan fingerprint density at radius 1 is 0.639 bits per heavy atom. The Kier molecular flexibility index (Phi) is 18.7. The molecule has 0 N–H and O–H groups in total. The number of carbonyl (C=O) groups excluding carboxylic acids is 1. The minimum atomic E-state index is -0.656.